The first kappa shape index (κ1) is 11.8. The van der Waals surface area contributed by atoms with Crippen LogP contribution in [0.15, 0.2) is 30.3 Å². The predicted molar refractivity (Wildman–Crippen MR) is 54.8 cm³/mol. The van der Waals surface area contributed by atoms with Gasteiger partial charge in [0.25, 0.3) is 0 Å². The van der Waals surface area contributed by atoms with Gasteiger partial charge >= 0.3 is 15.3 Å². The fourth-order valence-corrected chi connectivity index (χ4v) is 1.80. The van der Waals surface area contributed by atoms with Gasteiger partial charge in [-0.2, -0.15) is 12.7 Å². The van der Waals surface area contributed by atoms with Gasteiger partial charge in [-0.15, -0.1) is 0 Å². The van der Waals surface area contributed by atoms with Crippen molar-refractivity contribution in [1.29, 1.82) is 0 Å². The van der Waals surface area contributed by atoms with E-state index in [2.05, 4.69) is 0 Å². The number of rotatable bonds is 3. The van der Waals surface area contributed by atoms with Crippen LogP contribution in [0.2, 0.25) is 0 Å². The van der Waals surface area contributed by atoms with Gasteiger partial charge in [0.15, 0.2) is 0 Å². The van der Waals surface area contributed by atoms with Crippen LogP contribution in [0.1, 0.15) is 5.56 Å². The molecule has 0 aliphatic heterocycles. The highest BCUT2D eigenvalue weighted by atomic mass is 35.7. The molecule has 5 nitrogen and oxygen atoms in total. The number of hydrogen-bond donors (Lipinski definition) is 1. The summed E-state index contributed by atoms with van der Waals surface area (Å²) in [6.45, 7) is -0.290. The van der Waals surface area contributed by atoms with Gasteiger partial charge in [0.2, 0.25) is 0 Å². The first-order valence-electron chi connectivity index (χ1n) is 3.90. The van der Waals surface area contributed by atoms with Crippen LogP contribution in [-0.4, -0.2) is 23.9 Å². The maximum absolute atomic E-state index is 10.9. The molecule has 0 saturated carbocycles. The Kier molecular flexibility index (Phi) is 3.54. The Morgan fingerprint density at radius 1 is 1.33 bits per heavy atom. The largest absolute Gasteiger partial charge is 0.464 e. The molecule has 82 valence electrons. The monoisotopic (exact) mass is 249 g/mol. The van der Waals surface area contributed by atoms with Gasteiger partial charge in [-0.25, -0.2) is 4.79 Å². The van der Waals surface area contributed by atoms with E-state index in [1.165, 1.54) is 0 Å². The Hall–Kier alpha value is -1.27. The zero-order valence-corrected chi connectivity index (χ0v) is 9.07. The van der Waals surface area contributed by atoms with Crippen molar-refractivity contribution in [1.82, 2.24) is 4.31 Å². The highest BCUT2D eigenvalue weighted by Gasteiger charge is 2.24. The summed E-state index contributed by atoms with van der Waals surface area (Å²) in [5.74, 6) is 0. The fraction of sp³-hybridized carbons (Fsp3) is 0.125. The molecule has 1 aromatic rings. The molecule has 0 atom stereocenters. The lowest BCUT2D eigenvalue weighted by Crippen LogP contribution is -2.31. The van der Waals surface area contributed by atoms with Gasteiger partial charge in [-0.3, -0.25) is 0 Å². The molecule has 0 aromatic heterocycles. The lowest BCUT2D eigenvalue weighted by molar-refractivity contribution is 0.171. The number of nitrogens with zero attached hydrogens (tertiary/aromatic N) is 1. The molecular formula is C8H8ClNO4S. The molecule has 0 spiro atoms. The minimum Gasteiger partial charge on any atom is -0.464 e. The van der Waals surface area contributed by atoms with E-state index in [0.717, 1.165) is 0 Å². The highest BCUT2D eigenvalue weighted by Crippen LogP contribution is 2.12. The van der Waals surface area contributed by atoms with E-state index in [-0.39, 0.29) is 10.8 Å². The number of carbonyl (C=O) groups is 1. The quantitative estimate of drug-likeness (QED) is 0.827. The molecule has 0 unspecified atom stereocenters. The van der Waals surface area contributed by atoms with Gasteiger partial charge in [-0.05, 0) is 5.56 Å². The van der Waals surface area contributed by atoms with Crippen molar-refractivity contribution >= 4 is 26.0 Å². The summed E-state index contributed by atoms with van der Waals surface area (Å²) in [6.07, 6.45) is -1.60. The second-order valence-electron chi connectivity index (χ2n) is 2.72. The molecule has 0 radical (unpaired) electrons. The lowest BCUT2D eigenvalue weighted by atomic mass is 10.2. The average Bonchev–Trinajstić information content (AvgIpc) is 2.13. The summed E-state index contributed by atoms with van der Waals surface area (Å²) in [5.41, 5.74) is 0.545. The maximum Gasteiger partial charge on any atom is 0.422 e. The van der Waals surface area contributed by atoms with Crippen LogP contribution in [0, 0.1) is 0 Å². The molecular weight excluding hydrogens is 242 g/mol. The van der Waals surface area contributed by atoms with Crippen LogP contribution in [0.4, 0.5) is 4.79 Å². The number of benzene rings is 1. The Labute approximate surface area is 91.4 Å². The summed E-state index contributed by atoms with van der Waals surface area (Å²) in [5, 5.41) is 8.63. The predicted octanol–water partition coefficient (Wildman–Crippen LogP) is 1.65. The SMILES string of the molecule is O=C(O)N(Cc1ccccc1)S(=O)(=O)Cl. The van der Waals surface area contributed by atoms with E-state index in [1.807, 2.05) is 0 Å². The van der Waals surface area contributed by atoms with E-state index in [0.29, 0.717) is 5.56 Å². The van der Waals surface area contributed by atoms with Crippen molar-refractivity contribution in [2.24, 2.45) is 0 Å². The van der Waals surface area contributed by atoms with E-state index in [4.69, 9.17) is 15.8 Å². The van der Waals surface area contributed by atoms with Crippen LogP contribution in [0.3, 0.4) is 0 Å². The van der Waals surface area contributed by atoms with Crippen molar-refractivity contribution in [3.8, 4) is 0 Å². The molecule has 0 saturated heterocycles. The maximum atomic E-state index is 10.9. The van der Waals surface area contributed by atoms with Crippen LogP contribution < -0.4 is 0 Å². The van der Waals surface area contributed by atoms with E-state index in [1.54, 1.807) is 30.3 Å². The van der Waals surface area contributed by atoms with Crippen molar-refractivity contribution < 1.29 is 18.3 Å². The molecule has 15 heavy (non-hydrogen) atoms. The molecule has 0 aliphatic rings. The van der Waals surface area contributed by atoms with Crippen LogP contribution in [0.25, 0.3) is 0 Å². The Balaban J connectivity index is 2.92. The van der Waals surface area contributed by atoms with E-state index in [9.17, 15) is 13.2 Å². The zero-order valence-electron chi connectivity index (χ0n) is 7.50. The molecule has 1 N–H and O–H groups in total. The van der Waals surface area contributed by atoms with Crippen LogP contribution >= 0.6 is 10.7 Å². The average molecular weight is 250 g/mol. The van der Waals surface area contributed by atoms with Gasteiger partial charge in [0.1, 0.15) is 0 Å². The molecule has 1 aromatic carbocycles. The summed E-state index contributed by atoms with van der Waals surface area (Å²) in [6, 6.07) is 8.31. The molecule has 0 heterocycles. The second kappa shape index (κ2) is 4.50. The van der Waals surface area contributed by atoms with Crippen molar-refractivity contribution in [2.45, 2.75) is 6.54 Å². The topological polar surface area (TPSA) is 74.7 Å². The van der Waals surface area contributed by atoms with Crippen molar-refractivity contribution in [3.63, 3.8) is 0 Å². The standard InChI is InChI=1S/C8H8ClNO4S/c9-15(13,14)10(8(11)12)6-7-4-2-1-3-5-7/h1-5H,6H2,(H,11,12). The van der Waals surface area contributed by atoms with Gasteiger partial charge < -0.3 is 5.11 Å². The summed E-state index contributed by atoms with van der Waals surface area (Å²) >= 11 is 0. The summed E-state index contributed by atoms with van der Waals surface area (Å²) < 4.78 is 21.9. The first-order valence-corrected chi connectivity index (χ1v) is 6.17. The van der Waals surface area contributed by atoms with Crippen molar-refractivity contribution in [2.75, 3.05) is 0 Å². The first-order chi connectivity index (χ1) is 6.91. The van der Waals surface area contributed by atoms with Crippen LogP contribution in [0.5, 0.6) is 0 Å². The molecule has 7 heteroatoms. The molecule has 0 aliphatic carbocycles. The molecule has 0 bridgehead atoms. The number of halogens is 1. The summed E-state index contributed by atoms with van der Waals surface area (Å²) in [7, 11) is 0.705. The lowest BCUT2D eigenvalue weighted by Gasteiger charge is -2.14. The fourth-order valence-electron chi connectivity index (χ4n) is 0.987. The summed E-state index contributed by atoms with van der Waals surface area (Å²) in [4.78, 5) is 10.6. The third kappa shape index (κ3) is 3.41. The van der Waals surface area contributed by atoms with E-state index >= 15 is 0 Å². The zero-order chi connectivity index (χ0) is 11.5. The Morgan fingerprint density at radius 2 is 1.87 bits per heavy atom. The Morgan fingerprint density at radius 3 is 2.27 bits per heavy atom. The normalized spacial score (nSPS) is 11.0. The van der Waals surface area contributed by atoms with Gasteiger partial charge in [-0.1, -0.05) is 30.3 Å². The van der Waals surface area contributed by atoms with E-state index < -0.39 is 15.3 Å². The third-order valence-electron chi connectivity index (χ3n) is 1.65. The number of amides is 1. The van der Waals surface area contributed by atoms with Gasteiger partial charge in [0, 0.05) is 10.7 Å². The minimum absolute atomic E-state index is 0.171. The van der Waals surface area contributed by atoms with Crippen molar-refractivity contribution in [3.05, 3.63) is 35.9 Å². The molecule has 0 fully saturated rings. The number of carboxylic acid groups (broad SMARTS) is 1. The Bertz CT molecular complexity index is 445. The van der Waals surface area contributed by atoms with Gasteiger partial charge in [0.05, 0.1) is 6.54 Å². The molecule has 1 amide bonds. The molecule has 1 rings (SSSR count). The smallest absolute Gasteiger partial charge is 0.422 e. The van der Waals surface area contributed by atoms with Crippen LogP contribution in [-0.2, 0) is 15.8 Å². The third-order valence-corrected chi connectivity index (χ3v) is 2.96. The second-order valence-corrected chi connectivity index (χ2v) is 5.15. The highest BCUT2D eigenvalue weighted by molar-refractivity contribution is 8.12. The number of hydrogen-bond acceptors (Lipinski definition) is 3. The minimum atomic E-state index is -4.26.